The minimum absolute atomic E-state index is 0.144. The van der Waals surface area contributed by atoms with Gasteiger partial charge in [-0.3, -0.25) is 28.8 Å². The van der Waals surface area contributed by atoms with Gasteiger partial charge in [0.15, 0.2) is 0 Å². The number of imidazole rings is 1. The van der Waals surface area contributed by atoms with Crippen LogP contribution in [0.5, 0.6) is 0 Å². The van der Waals surface area contributed by atoms with Gasteiger partial charge in [-0.05, 0) is 108 Å². The highest BCUT2D eigenvalue weighted by atomic mass is 32.1. The van der Waals surface area contributed by atoms with Crippen molar-refractivity contribution in [2.45, 2.75) is 94.7 Å². The molecule has 3 atom stereocenters. The predicted octanol–water partition coefficient (Wildman–Crippen LogP) is 7.25. The molecule has 3 aromatic carbocycles. The van der Waals surface area contributed by atoms with Crippen LogP contribution in [0.15, 0.2) is 59.4 Å². The van der Waals surface area contributed by atoms with E-state index >= 15 is 4.39 Å². The molecule has 8 rings (SSSR count). The summed E-state index contributed by atoms with van der Waals surface area (Å²) >= 11 is 1.51. The van der Waals surface area contributed by atoms with Crippen LogP contribution in [0.1, 0.15) is 97.2 Å². The Balaban J connectivity index is 0.900. The molecule has 2 aromatic heterocycles. The van der Waals surface area contributed by atoms with E-state index in [-0.39, 0.29) is 48.5 Å². The van der Waals surface area contributed by atoms with Crippen LogP contribution in [0, 0.1) is 5.92 Å². The summed E-state index contributed by atoms with van der Waals surface area (Å²) in [5.74, 6) is -1.01. The van der Waals surface area contributed by atoms with Gasteiger partial charge >= 0.3 is 11.9 Å². The number of rotatable bonds is 9. The standard InChI is InChI=1S/C44H49F4N7O5S/c1-43(2,60)28-20-31-36(21-30(28)49-39(57)26-7-5-8-27(19-26)44(46,47)48)61-41(50-31)25-13-11-24(12-14-25)22-52(3)32-17-18-54(23-29(32)45)33-9-6-10-34-38(33)53(4)42(59)55(34)35-15-16-37(56)51-40(35)58/h5-10,19-21,24-25,29,32,35,60H,11-18,22-23H2,1-4H3,(H,49,57)(H,51,56,58)/t24?,25?,29-,32-,35?/m1/s1. The normalized spacial score (nSPS) is 22.9. The maximum atomic E-state index is 16.2. The largest absolute Gasteiger partial charge is 0.416 e. The van der Waals surface area contributed by atoms with Crippen LogP contribution in [-0.4, -0.2) is 80.7 Å². The zero-order chi connectivity index (χ0) is 43.5. The van der Waals surface area contributed by atoms with E-state index in [0.29, 0.717) is 46.7 Å². The fraction of sp³-hybridized carbons (Fsp3) is 0.477. The quantitative estimate of drug-likeness (QED) is 0.104. The maximum absolute atomic E-state index is 16.2. The summed E-state index contributed by atoms with van der Waals surface area (Å²) in [6.07, 6.45) is -1.11. The number of halogens is 4. The van der Waals surface area contributed by atoms with Gasteiger partial charge in [-0.15, -0.1) is 11.3 Å². The Hall–Kier alpha value is -5.13. The number of nitrogens with zero attached hydrogens (tertiary/aromatic N) is 5. The molecule has 2 aliphatic heterocycles. The number of hydrogen-bond donors (Lipinski definition) is 3. The average Bonchev–Trinajstić information content (AvgIpc) is 3.74. The van der Waals surface area contributed by atoms with Crippen molar-refractivity contribution in [3.8, 4) is 0 Å². The van der Waals surface area contributed by atoms with E-state index in [1.807, 2.05) is 24.1 Å². The molecule has 2 saturated heterocycles. The van der Waals surface area contributed by atoms with Gasteiger partial charge < -0.3 is 20.2 Å². The van der Waals surface area contributed by atoms with Gasteiger partial charge in [-0.1, -0.05) is 12.1 Å². The first kappa shape index (κ1) is 42.6. The van der Waals surface area contributed by atoms with Crippen LogP contribution >= 0.6 is 11.3 Å². The zero-order valence-corrected chi connectivity index (χ0v) is 35.2. The second kappa shape index (κ2) is 16.3. The molecule has 12 nitrogen and oxygen atoms in total. The summed E-state index contributed by atoms with van der Waals surface area (Å²) in [5, 5.41) is 17.0. The van der Waals surface area contributed by atoms with Gasteiger partial charge in [0.05, 0.1) is 49.7 Å². The number of aryl methyl sites for hydroxylation is 1. The molecule has 3 N–H and O–H groups in total. The van der Waals surface area contributed by atoms with Gasteiger partial charge in [0.25, 0.3) is 5.91 Å². The number of imide groups is 1. The van der Waals surface area contributed by atoms with E-state index in [0.717, 1.165) is 59.8 Å². The van der Waals surface area contributed by atoms with Gasteiger partial charge in [0, 0.05) is 55.3 Å². The second-order valence-electron chi connectivity index (χ2n) is 17.3. The van der Waals surface area contributed by atoms with E-state index < -0.39 is 41.4 Å². The van der Waals surface area contributed by atoms with Crippen molar-refractivity contribution in [1.82, 2.24) is 24.3 Å². The molecule has 0 spiro atoms. The number of nitrogens with one attached hydrogen (secondary N) is 2. The van der Waals surface area contributed by atoms with E-state index in [1.165, 1.54) is 32.6 Å². The topological polar surface area (TPSA) is 142 Å². The average molecular weight is 864 g/mol. The highest BCUT2D eigenvalue weighted by Gasteiger charge is 2.37. The third-order valence-corrected chi connectivity index (χ3v) is 13.8. The number of piperidine rings is 2. The lowest BCUT2D eigenvalue weighted by Crippen LogP contribution is -2.52. The van der Waals surface area contributed by atoms with E-state index in [9.17, 15) is 37.5 Å². The smallest absolute Gasteiger partial charge is 0.386 e. The van der Waals surface area contributed by atoms with Crippen molar-refractivity contribution >= 4 is 61.7 Å². The SMILES string of the molecule is CN(CC1CCC(c2nc3cc(C(C)(C)O)c(NC(=O)c4cccc(C(F)(F)F)c4)cc3s2)CC1)[C@@H]1CCN(c2cccc3c2n(C)c(=O)n3C2CCC(=O)NC2=O)C[C@H]1F. The Morgan fingerprint density at radius 3 is 2.44 bits per heavy atom. The Bertz CT molecular complexity index is 2570. The van der Waals surface area contributed by atoms with Crippen molar-refractivity contribution in [2.75, 3.05) is 36.9 Å². The third kappa shape index (κ3) is 8.43. The Kier molecular flexibility index (Phi) is 11.4. The number of benzene rings is 3. The van der Waals surface area contributed by atoms with E-state index in [1.54, 1.807) is 39.1 Å². The molecule has 17 heteroatoms. The number of amides is 3. The summed E-state index contributed by atoms with van der Waals surface area (Å²) in [7, 11) is 3.64. The van der Waals surface area contributed by atoms with E-state index in [2.05, 4.69) is 15.5 Å². The molecule has 4 heterocycles. The van der Waals surface area contributed by atoms with Gasteiger partial charge in [0.1, 0.15) is 12.2 Å². The Morgan fingerprint density at radius 1 is 1.02 bits per heavy atom. The lowest BCUT2D eigenvalue weighted by atomic mass is 9.81. The lowest BCUT2D eigenvalue weighted by Gasteiger charge is -2.42. The molecule has 324 valence electrons. The number of anilines is 2. The van der Waals surface area contributed by atoms with Crippen molar-refractivity contribution in [1.29, 1.82) is 0 Å². The van der Waals surface area contributed by atoms with Crippen molar-refractivity contribution in [2.24, 2.45) is 13.0 Å². The minimum atomic E-state index is -4.60. The molecule has 0 radical (unpaired) electrons. The molecule has 1 aliphatic carbocycles. The van der Waals surface area contributed by atoms with Crippen LogP contribution in [-0.2, 0) is 28.4 Å². The summed E-state index contributed by atoms with van der Waals surface area (Å²) < 4.78 is 59.9. The maximum Gasteiger partial charge on any atom is 0.416 e. The first-order valence-corrected chi connectivity index (χ1v) is 21.5. The number of thiazole rings is 1. The van der Waals surface area contributed by atoms with E-state index in [4.69, 9.17) is 4.98 Å². The molecule has 61 heavy (non-hydrogen) atoms. The molecular formula is C44H49F4N7O5S. The van der Waals surface area contributed by atoms with Crippen LogP contribution in [0.25, 0.3) is 21.3 Å². The van der Waals surface area contributed by atoms with Crippen LogP contribution in [0.4, 0.5) is 28.9 Å². The summed E-state index contributed by atoms with van der Waals surface area (Å²) in [5.41, 5.74) is 0.460. The number of hydrogen-bond acceptors (Lipinski definition) is 9. The number of alkyl halides is 4. The molecule has 5 aromatic rings. The van der Waals surface area contributed by atoms with Gasteiger partial charge in [-0.2, -0.15) is 13.2 Å². The molecular weight excluding hydrogens is 815 g/mol. The number of para-hydroxylation sites is 1. The number of aromatic nitrogens is 3. The van der Waals surface area contributed by atoms with Crippen molar-refractivity contribution in [3.63, 3.8) is 0 Å². The first-order valence-electron chi connectivity index (χ1n) is 20.7. The number of fused-ring (bicyclic) bond motifs is 2. The van der Waals surface area contributed by atoms with Crippen molar-refractivity contribution < 1.29 is 37.1 Å². The molecule has 1 unspecified atom stereocenters. The lowest BCUT2D eigenvalue weighted by molar-refractivity contribution is -0.138. The number of carbonyl (C=O) groups excluding carboxylic acids is 3. The fourth-order valence-electron chi connectivity index (χ4n) is 9.45. The monoisotopic (exact) mass is 863 g/mol. The summed E-state index contributed by atoms with van der Waals surface area (Å²) in [4.78, 5) is 60.2. The minimum Gasteiger partial charge on any atom is -0.386 e. The van der Waals surface area contributed by atoms with Crippen LogP contribution in [0.2, 0.25) is 0 Å². The predicted molar refractivity (Wildman–Crippen MR) is 226 cm³/mol. The number of aliphatic hydroxyl groups is 1. The summed E-state index contributed by atoms with van der Waals surface area (Å²) in [6.45, 7) is 4.64. The molecule has 3 aliphatic rings. The molecule has 3 fully saturated rings. The Morgan fingerprint density at radius 2 is 1.75 bits per heavy atom. The first-order chi connectivity index (χ1) is 28.9. The molecule has 3 amide bonds. The number of carbonyl (C=O) groups is 3. The zero-order valence-electron chi connectivity index (χ0n) is 34.4. The molecule has 0 bridgehead atoms. The highest BCUT2D eigenvalue weighted by molar-refractivity contribution is 7.18. The van der Waals surface area contributed by atoms with Crippen molar-refractivity contribution in [3.05, 3.63) is 86.8 Å². The van der Waals surface area contributed by atoms with Crippen LogP contribution < -0.4 is 21.2 Å². The third-order valence-electron chi connectivity index (χ3n) is 12.7. The van der Waals surface area contributed by atoms with Gasteiger partial charge in [0.2, 0.25) is 11.8 Å². The second-order valence-corrected chi connectivity index (χ2v) is 18.4. The van der Waals surface area contributed by atoms with Crippen LogP contribution in [0.3, 0.4) is 0 Å². The highest BCUT2D eigenvalue weighted by Crippen LogP contribution is 2.42. The summed E-state index contributed by atoms with van der Waals surface area (Å²) in [6, 6.07) is 12.1. The van der Waals surface area contributed by atoms with Gasteiger partial charge in [-0.25, -0.2) is 14.2 Å². The fourth-order valence-corrected chi connectivity index (χ4v) is 10.6. The Labute approximate surface area is 353 Å². The molecule has 1 saturated carbocycles.